The fourth-order valence-electron chi connectivity index (χ4n) is 2.90. The summed E-state index contributed by atoms with van der Waals surface area (Å²) in [4.78, 5) is 12.2. The van der Waals surface area contributed by atoms with Gasteiger partial charge in [-0.05, 0) is 28.3 Å². The predicted octanol–water partition coefficient (Wildman–Crippen LogP) is 4.19. The molecule has 128 valence electrons. The molecule has 0 saturated heterocycles. The van der Waals surface area contributed by atoms with Gasteiger partial charge in [-0.1, -0.05) is 72.8 Å². The van der Waals surface area contributed by atoms with Gasteiger partial charge in [0.15, 0.2) is 0 Å². The maximum Gasteiger partial charge on any atom is 0.407 e. The van der Waals surface area contributed by atoms with Gasteiger partial charge in [0.1, 0.15) is 6.61 Å². The van der Waals surface area contributed by atoms with E-state index in [4.69, 9.17) is 4.74 Å². The fourth-order valence-corrected chi connectivity index (χ4v) is 2.90. The van der Waals surface area contributed by atoms with Crippen LogP contribution in [0.3, 0.4) is 0 Å². The van der Waals surface area contributed by atoms with Crippen molar-refractivity contribution in [3.05, 3.63) is 83.9 Å². The van der Waals surface area contributed by atoms with Crippen molar-refractivity contribution in [2.45, 2.75) is 19.1 Å². The molecule has 3 rings (SSSR count). The Labute approximate surface area is 147 Å². The zero-order chi connectivity index (χ0) is 17.5. The second-order valence-electron chi connectivity index (χ2n) is 5.84. The van der Waals surface area contributed by atoms with Crippen LogP contribution in [0.25, 0.3) is 10.8 Å². The molecule has 0 fully saturated rings. The van der Waals surface area contributed by atoms with E-state index < -0.39 is 6.09 Å². The summed E-state index contributed by atoms with van der Waals surface area (Å²) in [5.74, 6) is 0. The zero-order valence-electron chi connectivity index (χ0n) is 13.9. The van der Waals surface area contributed by atoms with Crippen molar-refractivity contribution >= 4 is 16.9 Å². The molecule has 0 aliphatic heterocycles. The normalized spacial score (nSPS) is 11.9. The Kier molecular flexibility index (Phi) is 5.65. The van der Waals surface area contributed by atoms with Crippen molar-refractivity contribution in [2.75, 3.05) is 6.61 Å². The Hall–Kier alpha value is -2.85. The Morgan fingerprint density at radius 3 is 2.48 bits per heavy atom. The SMILES string of the molecule is O=C(N[C@@H](CCO)c1cccc2ccccc12)OCc1ccccc1. The van der Waals surface area contributed by atoms with Crippen LogP contribution in [-0.2, 0) is 11.3 Å². The highest BCUT2D eigenvalue weighted by Crippen LogP contribution is 2.26. The van der Waals surface area contributed by atoms with Gasteiger partial charge in [0.05, 0.1) is 6.04 Å². The molecule has 0 saturated carbocycles. The van der Waals surface area contributed by atoms with Crippen LogP contribution in [0.4, 0.5) is 4.79 Å². The van der Waals surface area contributed by atoms with Crippen LogP contribution in [-0.4, -0.2) is 17.8 Å². The molecule has 2 N–H and O–H groups in total. The van der Waals surface area contributed by atoms with Gasteiger partial charge in [-0.2, -0.15) is 0 Å². The van der Waals surface area contributed by atoms with E-state index in [1.807, 2.05) is 72.8 Å². The molecule has 3 aromatic rings. The van der Waals surface area contributed by atoms with Gasteiger partial charge in [-0.15, -0.1) is 0 Å². The van der Waals surface area contributed by atoms with Crippen LogP contribution in [0.15, 0.2) is 72.8 Å². The second kappa shape index (κ2) is 8.31. The standard InChI is InChI=1S/C21H21NO3/c23-14-13-20(19-12-6-10-17-9-4-5-11-18(17)19)22-21(24)25-15-16-7-2-1-3-8-16/h1-12,20,23H,13-15H2,(H,22,24)/t20-/m0/s1. The van der Waals surface area contributed by atoms with Crippen molar-refractivity contribution in [2.24, 2.45) is 0 Å². The minimum atomic E-state index is -0.491. The largest absolute Gasteiger partial charge is 0.445 e. The molecule has 3 aromatic carbocycles. The minimum absolute atomic E-state index is 0.0210. The monoisotopic (exact) mass is 335 g/mol. The van der Waals surface area contributed by atoms with E-state index >= 15 is 0 Å². The lowest BCUT2D eigenvalue weighted by atomic mass is 9.97. The summed E-state index contributed by atoms with van der Waals surface area (Å²) in [6.45, 7) is 0.195. The van der Waals surface area contributed by atoms with Gasteiger partial charge in [-0.25, -0.2) is 4.79 Å². The summed E-state index contributed by atoms with van der Waals surface area (Å²) >= 11 is 0. The van der Waals surface area contributed by atoms with Crippen molar-refractivity contribution in [3.8, 4) is 0 Å². The molecule has 1 atom stereocenters. The number of aliphatic hydroxyl groups excluding tert-OH is 1. The first-order chi connectivity index (χ1) is 12.3. The summed E-state index contributed by atoms with van der Waals surface area (Å²) in [7, 11) is 0. The zero-order valence-corrected chi connectivity index (χ0v) is 13.9. The summed E-state index contributed by atoms with van der Waals surface area (Å²) < 4.78 is 5.31. The summed E-state index contributed by atoms with van der Waals surface area (Å²) in [5.41, 5.74) is 1.91. The molecule has 0 heterocycles. The number of ether oxygens (including phenoxy) is 1. The van der Waals surface area contributed by atoms with Crippen LogP contribution in [0.2, 0.25) is 0 Å². The van der Waals surface area contributed by atoms with Gasteiger partial charge >= 0.3 is 6.09 Å². The van der Waals surface area contributed by atoms with Gasteiger partial charge in [0.2, 0.25) is 0 Å². The maximum atomic E-state index is 12.2. The van der Waals surface area contributed by atoms with E-state index in [1.54, 1.807) is 0 Å². The summed E-state index contributed by atoms with van der Waals surface area (Å²) in [6, 6.07) is 23.2. The number of carbonyl (C=O) groups is 1. The molecule has 0 aliphatic carbocycles. The topological polar surface area (TPSA) is 58.6 Å². The lowest BCUT2D eigenvalue weighted by Gasteiger charge is -2.20. The summed E-state index contributed by atoms with van der Waals surface area (Å²) in [5, 5.41) is 14.4. The molecular formula is C21H21NO3. The maximum absolute atomic E-state index is 12.2. The highest BCUT2D eigenvalue weighted by atomic mass is 16.5. The third kappa shape index (κ3) is 4.37. The van der Waals surface area contributed by atoms with Crippen LogP contribution in [0, 0.1) is 0 Å². The van der Waals surface area contributed by atoms with E-state index in [-0.39, 0.29) is 19.3 Å². The molecule has 0 bridgehead atoms. The number of nitrogens with one attached hydrogen (secondary N) is 1. The number of alkyl carbamates (subject to hydrolysis) is 1. The molecule has 4 heteroatoms. The Morgan fingerprint density at radius 1 is 0.960 bits per heavy atom. The number of amides is 1. The predicted molar refractivity (Wildman–Crippen MR) is 98.2 cm³/mol. The van der Waals surface area contributed by atoms with Crippen molar-refractivity contribution in [3.63, 3.8) is 0 Å². The van der Waals surface area contributed by atoms with Gasteiger partial charge in [-0.3, -0.25) is 0 Å². The van der Waals surface area contributed by atoms with Gasteiger partial charge in [0, 0.05) is 6.61 Å². The first kappa shape index (κ1) is 17.0. The Bertz CT molecular complexity index is 827. The Morgan fingerprint density at radius 2 is 1.68 bits per heavy atom. The van der Waals surface area contributed by atoms with Crippen molar-refractivity contribution in [1.29, 1.82) is 0 Å². The second-order valence-corrected chi connectivity index (χ2v) is 5.84. The number of rotatable bonds is 6. The van der Waals surface area contributed by atoms with Crippen molar-refractivity contribution < 1.29 is 14.6 Å². The van der Waals surface area contributed by atoms with Gasteiger partial charge in [0.25, 0.3) is 0 Å². The molecule has 1 amide bonds. The van der Waals surface area contributed by atoms with Crippen LogP contribution in [0.1, 0.15) is 23.6 Å². The fraction of sp³-hybridized carbons (Fsp3) is 0.190. The first-order valence-electron chi connectivity index (χ1n) is 8.33. The van der Waals surface area contributed by atoms with Crippen LogP contribution >= 0.6 is 0 Å². The smallest absolute Gasteiger partial charge is 0.407 e. The van der Waals surface area contributed by atoms with Crippen molar-refractivity contribution in [1.82, 2.24) is 5.32 Å². The number of fused-ring (bicyclic) bond motifs is 1. The average molecular weight is 335 g/mol. The highest BCUT2D eigenvalue weighted by Gasteiger charge is 2.17. The lowest BCUT2D eigenvalue weighted by Crippen LogP contribution is -2.30. The highest BCUT2D eigenvalue weighted by molar-refractivity contribution is 5.86. The quantitative estimate of drug-likeness (QED) is 0.710. The van der Waals surface area contributed by atoms with E-state index in [1.165, 1.54) is 0 Å². The number of hydrogen-bond donors (Lipinski definition) is 2. The van der Waals surface area contributed by atoms with Crippen LogP contribution in [0.5, 0.6) is 0 Å². The molecule has 25 heavy (non-hydrogen) atoms. The minimum Gasteiger partial charge on any atom is -0.445 e. The van der Waals surface area contributed by atoms with E-state index in [2.05, 4.69) is 5.32 Å². The molecule has 0 aliphatic rings. The third-order valence-electron chi connectivity index (χ3n) is 4.12. The molecule has 0 radical (unpaired) electrons. The summed E-state index contributed by atoms with van der Waals surface area (Å²) in [6.07, 6.45) is -0.0655. The molecule has 4 nitrogen and oxygen atoms in total. The number of aliphatic hydroxyl groups is 1. The van der Waals surface area contributed by atoms with E-state index in [0.717, 1.165) is 21.9 Å². The average Bonchev–Trinajstić information content (AvgIpc) is 2.66. The van der Waals surface area contributed by atoms with Crippen LogP contribution < -0.4 is 5.32 Å². The number of carbonyl (C=O) groups excluding carboxylic acids is 1. The Balaban J connectivity index is 1.73. The molecule has 0 spiro atoms. The molecule has 0 unspecified atom stereocenters. The van der Waals surface area contributed by atoms with E-state index in [9.17, 15) is 9.90 Å². The number of hydrogen-bond acceptors (Lipinski definition) is 3. The van der Waals surface area contributed by atoms with E-state index in [0.29, 0.717) is 6.42 Å². The molecular weight excluding hydrogens is 314 g/mol. The van der Waals surface area contributed by atoms with Gasteiger partial charge < -0.3 is 15.2 Å². The number of benzene rings is 3. The first-order valence-corrected chi connectivity index (χ1v) is 8.33. The lowest BCUT2D eigenvalue weighted by molar-refractivity contribution is 0.133. The third-order valence-corrected chi connectivity index (χ3v) is 4.12. The molecule has 0 aromatic heterocycles.